The minimum atomic E-state index is -1.47. The van der Waals surface area contributed by atoms with E-state index in [0.29, 0.717) is 10.2 Å². The molecule has 2 rings (SSSR count). The summed E-state index contributed by atoms with van der Waals surface area (Å²) in [6, 6.07) is 6.28. The number of nitrogens with zero attached hydrogens (tertiary/aromatic N) is 1. The summed E-state index contributed by atoms with van der Waals surface area (Å²) in [6.45, 7) is -2.26. The molecule has 0 saturated heterocycles. The lowest BCUT2D eigenvalue weighted by molar-refractivity contribution is -0.00315. The fourth-order valence-electron chi connectivity index (χ4n) is 1.49. The molecule has 2 aromatic rings. The molecule has 1 aromatic carbocycles. The van der Waals surface area contributed by atoms with Crippen molar-refractivity contribution in [3.8, 4) is 0 Å². The lowest BCUT2D eigenvalue weighted by Crippen LogP contribution is -2.44. The topological polar surface area (TPSA) is 64.1 Å². The van der Waals surface area contributed by atoms with Crippen molar-refractivity contribution in [3.05, 3.63) is 45.1 Å². The minimum absolute atomic E-state index is 0.202. The highest BCUT2D eigenvalue weighted by atomic mass is 19.1. The molecule has 18 heavy (non-hydrogen) atoms. The maximum atomic E-state index is 12.3. The molecule has 0 aliphatic carbocycles. The number of H-pyrrole nitrogens is 1. The van der Waals surface area contributed by atoms with Crippen LogP contribution in [0.15, 0.2) is 33.9 Å². The van der Waals surface area contributed by atoms with Gasteiger partial charge in [0.2, 0.25) is 0 Å². The van der Waals surface area contributed by atoms with Gasteiger partial charge in [-0.3, -0.25) is 4.79 Å². The first kappa shape index (κ1) is 12.3. The molecule has 1 heterocycles. The van der Waals surface area contributed by atoms with Crippen LogP contribution in [-0.4, -0.2) is 29.2 Å². The summed E-state index contributed by atoms with van der Waals surface area (Å²) >= 11 is 0. The summed E-state index contributed by atoms with van der Waals surface area (Å²) in [6.07, 6.45) is -1.47. The van der Waals surface area contributed by atoms with Crippen LogP contribution in [0.2, 0.25) is 0 Å². The third kappa shape index (κ3) is 2.11. The smallest absolute Gasteiger partial charge is 0.362 e. The number of benzene rings is 1. The number of aromatic nitrogens is 2. The molecule has 0 unspecified atom stereocenters. The molecule has 0 bridgehead atoms. The quantitative estimate of drug-likeness (QED) is 0.862. The highest BCUT2D eigenvalue weighted by Gasteiger charge is 2.14. The van der Waals surface area contributed by atoms with Gasteiger partial charge in [0.15, 0.2) is 6.10 Å². The van der Waals surface area contributed by atoms with Crippen molar-refractivity contribution in [1.82, 2.24) is 9.71 Å². The van der Waals surface area contributed by atoms with Crippen molar-refractivity contribution in [2.24, 2.45) is 0 Å². The van der Waals surface area contributed by atoms with Gasteiger partial charge in [-0.05, 0) is 12.1 Å². The first-order chi connectivity index (χ1) is 8.67. The predicted octanol–water partition coefficient (Wildman–Crippen LogP) is 0.426. The van der Waals surface area contributed by atoms with Gasteiger partial charge >= 0.3 is 5.69 Å². The molecule has 1 aromatic heterocycles. The van der Waals surface area contributed by atoms with Crippen LogP contribution in [0.5, 0.6) is 0 Å². The number of fused-ring (bicyclic) bond motifs is 1. The Balaban J connectivity index is 2.58. The number of rotatable bonds is 4. The van der Waals surface area contributed by atoms with Crippen LogP contribution in [0.4, 0.5) is 8.78 Å². The molecule has 5 nitrogen and oxygen atoms in total. The monoisotopic (exact) mass is 256 g/mol. The predicted molar refractivity (Wildman–Crippen MR) is 61.1 cm³/mol. The van der Waals surface area contributed by atoms with E-state index in [2.05, 4.69) is 4.98 Å². The summed E-state index contributed by atoms with van der Waals surface area (Å²) in [5.41, 5.74) is -1.28. The first-order valence-corrected chi connectivity index (χ1v) is 5.20. The zero-order valence-corrected chi connectivity index (χ0v) is 9.23. The number of aromatic amines is 1. The maximum Gasteiger partial charge on any atom is 0.362 e. The Kier molecular flexibility index (Phi) is 3.40. The number of nitrogens with one attached hydrogen (secondary N) is 1. The van der Waals surface area contributed by atoms with Crippen LogP contribution in [-0.2, 0) is 0 Å². The van der Waals surface area contributed by atoms with E-state index >= 15 is 0 Å². The fraction of sp³-hybridized carbons (Fsp3) is 0.273. The number of para-hydroxylation sites is 1. The van der Waals surface area contributed by atoms with Crippen molar-refractivity contribution < 1.29 is 13.6 Å². The van der Waals surface area contributed by atoms with E-state index in [-0.39, 0.29) is 5.39 Å². The van der Waals surface area contributed by atoms with Gasteiger partial charge < -0.3 is 9.82 Å². The van der Waals surface area contributed by atoms with Crippen molar-refractivity contribution in [1.29, 1.82) is 0 Å². The van der Waals surface area contributed by atoms with E-state index in [9.17, 15) is 18.4 Å². The number of halogens is 2. The Morgan fingerprint density at radius 1 is 1.22 bits per heavy atom. The average Bonchev–Trinajstić information content (AvgIpc) is 2.39. The largest absolute Gasteiger partial charge is 0.397 e. The molecule has 96 valence electrons. The molecular weight excluding hydrogens is 246 g/mol. The van der Waals surface area contributed by atoms with E-state index in [1.807, 2.05) is 0 Å². The molecule has 0 saturated carbocycles. The van der Waals surface area contributed by atoms with Crippen molar-refractivity contribution >= 4 is 10.9 Å². The van der Waals surface area contributed by atoms with Crippen LogP contribution < -0.4 is 16.1 Å². The Bertz CT molecular complexity index is 661. The van der Waals surface area contributed by atoms with Crippen LogP contribution in [0.3, 0.4) is 0 Å². The molecule has 0 atom stereocenters. The van der Waals surface area contributed by atoms with Gasteiger partial charge in [0, 0.05) is 0 Å². The number of hydrogen-bond donors (Lipinski definition) is 1. The third-order valence-corrected chi connectivity index (χ3v) is 2.37. The number of hydrogen-bond acceptors (Lipinski definition) is 3. The normalized spacial score (nSPS) is 11.1. The van der Waals surface area contributed by atoms with Gasteiger partial charge in [-0.1, -0.05) is 16.9 Å². The molecule has 0 radical (unpaired) electrons. The van der Waals surface area contributed by atoms with Crippen LogP contribution in [0.1, 0.15) is 0 Å². The van der Waals surface area contributed by atoms with E-state index in [1.54, 1.807) is 18.2 Å². The van der Waals surface area contributed by atoms with Gasteiger partial charge in [0.05, 0.1) is 10.9 Å². The lowest BCUT2D eigenvalue weighted by Gasteiger charge is -2.12. The van der Waals surface area contributed by atoms with Gasteiger partial charge in [-0.2, -0.15) is 0 Å². The molecule has 0 amide bonds. The molecule has 0 aliphatic heterocycles. The van der Waals surface area contributed by atoms with E-state index < -0.39 is 30.7 Å². The summed E-state index contributed by atoms with van der Waals surface area (Å²) in [5.74, 6) is 0. The summed E-state index contributed by atoms with van der Waals surface area (Å²) in [5, 5.41) is 0.202. The fourth-order valence-corrected chi connectivity index (χ4v) is 1.49. The molecule has 0 fully saturated rings. The molecule has 7 heteroatoms. The molecule has 0 spiro atoms. The average molecular weight is 256 g/mol. The van der Waals surface area contributed by atoms with Crippen molar-refractivity contribution in [3.63, 3.8) is 0 Å². The Morgan fingerprint density at radius 2 is 1.89 bits per heavy atom. The summed E-state index contributed by atoms with van der Waals surface area (Å²) in [7, 11) is 0. The Hall–Kier alpha value is -2.18. The maximum absolute atomic E-state index is 12.3. The van der Waals surface area contributed by atoms with Crippen LogP contribution in [0.25, 0.3) is 10.9 Å². The Labute approximate surface area is 99.6 Å². The second-order valence-corrected chi connectivity index (χ2v) is 3.61. The highest BCUT2D eigenvalue weighted by molar-refractivity contribution is 5.76. The van der Waals surface area contributed by atoms with Gasteiger partial charge in [-0.25, -0.2) is 13.6 Å². The molecule has 1 N–H and O–H groups in total. The SMILES string of the molecule is O=c1[nH]c2ccccc2c(=O)n1OC(CF)CF. The minimum Gasteiger partial charge on any atom is -0.397 e. The van der Waals surface area contributed by atoms with Crippen LogP contribution in [0, 0.1) is 0 Å². The highest BCUT2D eigenvalue weighted by Crippen LogP contribution is 2.02. The third-order valence-electron chi connectivity index (χ3n) is 2.37. The van der Waals surface area contributed by atoms with E-state index in [0.717, 1.165) is 0 Å². The summed E-state index contributed by atoms with van der Waals surface area (Å²) < 4.78 is 25.0. The second-order valence-electron chi connectivity index (χ2n) is 3.61. The van der Waals surface area contributed by atoms with E-state index in [1.165, 1.54) is 6.07 Å². The summed E-state index contributed by atoms with van der Waals surface area (Å²) in [4.78, 5) is 30.5. The number of alkyl halides is 2. The van der Waals surface area contributed by atoms with Crippen molar-refractivity contribution in [2.45, 2.75) is 6.10 Å². The van der Waals surface area contributed by atoms with E-state index in [4.69, 9.17) is 4.84 Å². The second kappa shape index (κ2) is 4.99. The Morgan fingerprint density at radius 3 is 2.56 bits per heavy atom. The molecule has 0 aliphatic rings. The van der Waals surface area contributed by atoms with Gasteiger partial charge in [-0.15, -0.1) is 0 Å². The van der Waals surface area contributed by atoms with Crippen LogP contribution >= 0.6 is 0 Å². The lowest BCUT2D eigenvalue weighted by atomic mass is 10.2. The first-order valence-electron chi connectivity index (χ1n) is 5.20. The zero-order chi connectivity index (χ0) is 13.1. The van der Waals surface area contributed by atoms with Gasteiger partial charge in [0.25, 0.3) is 5.56 Å². The standard InChI is InChI=1S/C11H10F2N2O3/c12-5-7(6-13)18-15-10(16)8-3-1-2-4-9(8)14-11(15)17/h1-4,7H,5-6H2,(H,14,17). The van der Waals surface area contributed by atoms with Crippen molar-refractivity contribution in [2.75, 3.05) is 13.3 Å². The molecular formula is C11H10F2N2O3. The van der Waals surface area contributed by atoms with Gasteiger partial charge in [0.1, 0.15) is 13.3 Å². The zero-order valence-electron chi connectivity index (χ0n) is 9.23.